The fourth-order valence-electron chi connectivity index (χ4n) is 2.29. The van der Waals surface area contributed by atoms with Crippen LogP contribution in [0.5, 0.6) is 0 Å². The highest BCUT2D eigenvalue weighted by Crippen LogP contribution is 2.26. The number of nitrogens with zero attached hydrogens (tertiary/aromatic N) is 3. The van der Waals surface area contributed by atoms with E-state index in [4.69, 9.17) is 11.1 Å². The number of benzene rings is 1. The molecule has 0 bridgehead atoms. The summed E-state index contributed by atoms with van der Waals surface area (Å²) in [5.41, 5.74) is 8.53. The highest BCUT2D eigenvalue weighted by atomic mass is 32.1. The van der Waals surface area contributed by atoms with Crippen molar-refractivity contribution in [1.82, 2.24) is 15.0 Å². The minimum atomic E-state index is 0.302. The van der Waals surface area contributed by atoms with Crippen LogP contribution in [0.3, 0.4) is 0 Å². The third-order valence-corrected chi connectivity index (χ3v) is 4.19. The molecule has 1 aromatic carbocycles. The number of thiazole rings is 1. The lowest BCUT2D eigenvalue weighted by molar-refractivity contribution is 1.11. The van der Waals surface area contributed by atoms with Gasteiger partial charge in [0, 0.05) is 12.1 Å². The highest BCUT2D eigenvalue weighted by molar-refractivity contribution is 7.18. The third-order valence-electron chi connectivity index (χ3n) is 3.25. The Balaban J connectivity index is 2.09. The van der Waals surface area contributed by atoms with Gasteiger partial charge < -0.3 is 11.1 Å². The van der Waals surface area contributed by atoms with E-state index >= 15 is 0 Å². The van der Waals surface area contributed by atoms with Gasteiger partial charge in [-0.25, -0.2) is 15.0 Å². The van der Waals surface area contributed by atoms with Crippen LogP contribution in [0, 0.1) is 12.3 Å². The molecule has 3 aromatic rings. The van der Waals surface area contributed by atoms with Crippen LogP contribution < -0.4 is 11.1 Å². The van der Waals surface area contributed by atoms with Crippen molar-refractivity contribution < 1.29 is 0 Å². The molecule has 4 N–H and O–H groups in total. The zero-order chi connectivity index (χ0) is 15.7. The molecule has 7 heteroatoms. The molecule has 112 valence electrons. The molecule has 0 aliphatic rings. The second-order valence-electron chi connectivity index (χ2n) is 4.80. The Bertz CT molecular complexity index is 854. The molecule has 0 fully saturated rings. The summed E-state index contributed by atoms with van der Waals surface area (Å²) >= 11 is 1.61. The first-order valence-corrected chi connectivity index (χ1v) is 7.72. The zero-order valence-corrected chi connectivity index (χ0v) is 13.2. The molecule has 0 aliphatic carbocycles. The van der Waals surface area contributed by atoms with Crippen LogP contribution in [-0.2, 0) is 0 Å². The van der Waals surface area contributed by atoms with Crippen LogP contribution in [-0.4, -0.2) is 27.2 Å². The predicted molar refractivity (Wildman–Crippen MR) is 90.9 cm³/mol. The van der Waals surface area contributed by atoms with E-state index in [1.807, 2.05) is 32.0 Å². The second-order valence-corrected chi connectivity index (χ2v) is 6.04. The molecule has 0 atom stereocenters. The Morgan fingerprint density at radius 1 is 1.36 bits per heavy atom. The lowest BCUT2D eigenvalue weighted by Crippen LogP contribution is -2.13. The van der Waals surface area contributed by atoms with E-state index in [0.717, 1.165) is 20.8 Å². The molecular weight excluding hydrogens is 296 g/mol. The normalized spacial score (nSPS) is 10.8. The van der Waals surface area contributed by atoms with Crippen LogP contribution in [0.25, 0.3) is 10.2 Å². The first-order valence-electron chi connectivity index (χ1n) is 6.91. The summed E-state index contributed by atoms with van der Waals surface area (Å²) in [6.07, 6.45) is 1.40. The summed E-state index contributed by atoms with van der Waals surface area (Å²) in [7, 11) is 0. The van der Waals surface area contributed by atoms with Gasteiger partial charge in [0.1, 0.15) is 18.0 Å². The molecule has 0 aliphatic heterocycles. The minimum absolute atomic E-state index is 0.302. The van der Waals surface area contributed by atoms with Gasteiger partial charge in [0.05, 0.1) is 26.5 Å². The number of anilines is 2. The van der Waals surface area contributed by atoms with Gasteiger partial charge in [-0.2, -0.15) is 0 Å². The lowest BCUT2D eigenvalue weighted by atomic mass is 10.0. The van der Waals surface area contributed by atoms with E-state index in [2.05, 4.69) is 20.3 Å². The number of aryl methyl sites for hydroxylation is 1. The largest absolute Gasteiger partial charge is 0.383 e. The van der Waals surface area contributed by atoms with E-state index in [1.54, 1.807) is 11.3 Å². The van der Waals surface area contributed by atoms with Crippen molar-refractivity contribution >= 4 is 38.9 Å². The maximum atomic E-state index is 8.50. The average molecular weight is 312 g/mol. The molecule has 0 amide bonds. The van der Waals surface area contributed by atoms with Gasteiger partial charge in [0.2, 0.25) is 0 Å². The Morgan fingerprint density at radius 3 is 2.95 bits per heavy atom. The first kappa shape index (κ1) is 14.4. The summed E-state index contributed by atoms with van der Waals surface area (Å²) < 4.78 is 1.06. The molecule has 0 radical (unpaired) electrons. The molecular formula is C15H16N6S. The van der Waals surface area contributed by atoms with Gasteiger partial charge in [-0.1, -0.05) is 6.07 Å². The summed E-state index contributed by atoms with van der Waals surface area (Å²) in [4.78, 5) is 12.6. The van der Waals surface area contributed by atoms with Gasteiger partial charge >= 0.3 is 0 Å². The van der Waals surface area contributed by atoms with Gasteiger partial charge in [0.15, 0.2) is 0 Å². The molecule has 0 spiro atoms. The smallest absolute Gasteiger partial charge is 0.141 e. The predicted octanol–water partition coefficient (Wildman–Crippen LogP) is 2.82. The standard InChI is InChI=1S/C15H16N6S/c1-3-18-15-12(14(17)19-7-20-15)13(16)9-4-5-10-11(6-9)22-8(2)21-10/h4-7,16H,3H2,1-2H3,(H3,17,18,19,20). The number of nitrogens with one attached hydrogen (secondary N) is 2. The van der Waals surface area contributed by atoms with Crippen LogP contribution >= 0.6 is 11.3 Å². The van der Waals surface area contributed by atoms with Crippen molar-refractivity contribution in [2.75, 3.05) is 17.6 Å². The Hall–Kier alpha value is -2.54. The minimum Gasteiger partial charge on any atom is -0.383 e. The third kappa shape index (κ3) is 2.50. The molecule has 0 saturated heterocycles. The summed E-state index contributed by atoms with van der Waals surface area (Å²) in [5, 5.41) is 12.6. The molecule has 2 aromatic heterocycles. The van der Waals surface area contributed by atoms with Gasteiger partial charge in [0.25, 0.3) is 0 Å². The van der Waals surface area contributed by atoms with Crippen LogP contribution in [0.4, 0.5) is 11.6 Å². The van der Waals surface area contributed by atoms with E-state index in [0.29, 0.717) is 29.5 Å². The van der Waals surface area contributed by atoms with Crippen molar-refractivity contribution in [1.29, 1.82) is 5.41 Å². The number of rotatable bonds is 4. The van der Waals surface area contributed by atoms with Crippen molar-refractivity contribution in [2.45, 2.75) is 13.8 Å². The van der Waals surface area contributed by atoms with E-state index < -0.39 is 0 Å². The van der Waals surface area contributed by atoms with Gasteiger partial charge in [-0.3, -0.25) is 5.41 Å². The van der Waals surface area contributed by atoms with Crippen molar-refractivity contribution in [2.24, 2.45) is 0 Å². The van der Waals surface area contributed by atoms with Crippen LogP contribution in [0.1, 0.15) is 23.1 Å². The number of nitrogens with two attached hydrogens (primary N) is 1. The Morgan fingerprint density at radius 2 is 2.18 bits per heavy atom. The second kappa shape index (κ2) is 5.69. The van der Waals surface area contributed by atoms with Crippen LogP contribution in [0.2, 0.25) is 0 Å². The summed E-state index contributed by atoms with van der Waals surface area (Å²) in [6.45, 7) is 4.64. The van der Waals surface area contributed by atoms with E-state index in [9.17, 15) is 0 Å². The van der Waals surface area contributed by atoms with Crippen LogP contribution in [0.15, 0.2) is 24.5 Å². The number of fused-ring (bicyclic) bond motifs is 1. The van der Waals surface area contributed by atoms with Crippen molar-refractivity contribution in [3.63, 3.8) is 0 Å². The Labute approximate surface area is 132 Å². The van der Waals surface area contributed by atoms with E-state index in [-0.39, 0.29) is 0 Å². The Kier molecular flexibility index (Phi) is 3.72. The lowest BCUT2D eigenvalue weighted by Gasteiger charge is -2.12. The number of hydrogen-bond acceptors (Lipinski definition) is 7. The fraction of sp³-hybridized carbons (Fsp3) is 0.200. The van der Waals surface area contributed by atoms with E-state index in [1.165, 1.54) is 6.33 Å². The average Bonchev–Trinajstić information content (AvgIpc) is 2.86. The number of aromatic nitrogens is 3. The first-order chi connectivity index (χ1) is 10.6. The monoisotopic (exact) mass is 312 g/mol. The fourth-order valence-corrected chi connectivity index (χ4v) is 3.15. The quantitative estimate of drug-likeness (QED) is 0.643. The van der Waals surface area contributed by atoms with Crippen molar-refractivity contribution in [3.8, 4) is 0 Å². The zero-order valence-electron chi connectivity index (χ0n) is 12.3. The molecule has 0 saturated carbocycles. The van der Waals surface area contributed by atoms with Gasteiger partial charge in [-0.15, -0.1) is 11.3 Å². The SMILES string of the molecule is CCNc1ncnc(N)c1C(=N)c1ccc2nc(C)sc2c1. The highest BCUT2D eigenvalue weighted by Gasteiger charge is 2.16. The number of nitrogen functional groups attached to an aromatic ring is 1. The molecule has 22 heavy (non-hydrogen) atoms. The number of hydrogen-bond donors (Lipinski definition) is 3. The maximum absolute atomic E-state index is 8.50. The molecule has 3 rings (SSSR count). The molecule has 2 heterocycles. The summed E-state index contributed by atoms with van der Waals surface area (Å²) in [5.74, 6) is 0.886. The maximum Gasteiger partial charge on any atom is 0.141 e. The molecule has 6 nitrogen and oxygen atoms in total. The topological polar surface area (TPSA) is 101 Å². The van der Waals surface area contributed by atoms with Gasteiger partial charge in [-0.05, 0) is 26.0 Å². The summed E-state index contributed by atoms with van der Waals surface area (Å²) in [6, 6.07) is 5.77. The molecule has 0 unspecified atom stereocenters. The van der Waals surface area contributed by atoms with Crippen molar-refractivity contribution in [3.05, 3.63) is 40.7 Å².